The van der Waals surface area contributed by atoms with Crippen molar-refractivity contribution < 1.29 is 53.3 Å². The smallest absolute Gasteiger partial charge is 0.344 e. The van der Waals surface area contributed by atoms with Crippen LogP contribution in [0.25, 0.3) is 32.7 Å². The standard InChI is InChI=1S/C22H20O13/c1-30-8-3-6-11-12-7(20(28)33-18(11)14(8)25)4-9(31-2)17(19(12)34-21(6)29)35-22-16(27)15(26)13(24)10(5-23)32-22/h3-4,10,13,15-16,22-27H,5H2,1-2H3. The SMILES string of the molecule is COc1cc2c(=O)oc3c(OC4OC(CO)C(O)C(O)C4O)c(OC)cc4c(=O)oc(c1O)c2c34. The lowest BCUT2D eigenvalue weighted by Crippen LogP contribution is -2.60. The van der Waals surface area contributed by atoms with E-state index in [1.165, 1.54) is 26.4 Å². The van der Waals surface area contributed by atoms with Gasteiger partial charge in [0, 0.05) is 10.8 Å². The molecule has 0 saturated carbocycles. The molecule has 0 radical (unpaired) electrons. The number of rotatable bonds is 5. The van der Waals surface area contributed by atoms with Crippen molar-refractivity contribution in [2.24, 2.45) is 0 Å². The Morgan fingerprint density at radius 2 is 1.43 bits per heavy atom. The van der Waals surface area contributed by atoms with Crippen LogP contribution in [0.3, 0.4) is 0 Å². The Morgan fingerprint density at radius 1 is 0.857 bits per heavy atom. The highest BCUT2D eigenvalue weighted by molar-refractivity contribution is 6.22. The van der Waals surface area contributed by atoms with Gasteiger partial charge in [-0.05, 0) is 12.1 Å². The van der Waals surface area contributed by atoms with Crippen LogP contribution in [0, 0.1) is 0 Å². The molecular weight excluding hydrogens is 472 g/mol. The van der Waals surface area contributed by atoms with E-state index in [-0.39, 0.29) is 50.0 Å². The van der Waals surface area contributed by atoms with Crippen LogP contribution < -0.4 is 25.5 Å². The van der Waals surface area contributed by atoms with Crippen molar-refractivity contribution in [3.8, 4) is 23.0 Å². The van der Waals surface area contributed by atoms with E-state index in [0.29, 0.717) is 0 Å². The van der Waals surface area contributed by atoms with Crippen molar-refractivity contribution in [2.75, 3.05) is 20.8 Å². The summed E-state index contributed by atoms with van der Waals surface area (Å²) in [4.78, 5) is 25.7. The van der Waals surface area contributed by atoms with E-state index in [1.54, 1.807) is 0 Å². The van der Waals surface area contributed by atoms with Crippen LogP contribution in [-0.4, -0.2) is 77.1 Å². The van der Waals surface area contributed by atoms with Gasteiger partial charge < -0.3 is 53.3 Å². The van der Waals surface area contributed by atoms with Crippen LogP contribution >= 0.6 is 0 Å². The number of phenolic OH excluding ortho intramolecular Hbond substituents is 1. The maximum atomic E-state index is 12.9. The molecule has 5 atom stereocenters. The van der Waals surface area contributed by atoms with Crippen LogP contribution in [0.4, 0.5) is 0 Å². The van der Waals surface area contributed by atoms with Crippen LogP contribution in [0.5, 0.6) is 23.0 Å². The third kappa shape index (κ3) is 3.28. The summed E-state index contributed by atoms with van der Waals surface area (Å²) in [5.74, 6) is -1.05. The Kier molecular flexibility index (Phi) is 5.45. The molecule has 0 bridgehead atoms. The second-order valence-corrected chi connectivity index (χ2v) is 7.93. The highest BCUT2D eigenvalue weighted by Gasteiger charge is 2.45. The molecule has 0 aliphatic carbocycles. The zero-order valence-corrected chi connectivity index (χ0v) is 18.3. The average molecular weight is 492 g/mol. The zero-order chi connectivity index (χ0) is 25.2. The minimum Gasteiger partial charge on any atom is -0.502 e. The number of phenols is 1. The minimum atomic E-state index is -1.78. The number of aliphatic hydroxyl groups excluding tert-OH is 4. The predicted molar refractivity (Wildman–Crippen MR) is 116 cm³/mol. The van der Waals surface area contributed by atoms with Crippen LogP contribution in [0.2, 0.25) is 0 Å². The highest BCUT2D eigenvalue weighted by atomic mass is 16.7. The molecule has 13 heteroatoms. The maximum Gasteiger partial charge on any atom is 0.344 e. The second-order valence-electron chi connectivity index (χ2n) is 7.93. The fourth-order valence-corrected chi connectivity index (χ4v) is 4.25. The van der Waals surface area contributed by atoms with Gasteiger partial charge in [-0.3, -0.25) is 0 Å². The molecule has 35 heavy (non-hydrogen) atoms. The predicted octanol–water partition coefficient (Wildman–Crippen LogP) is -0.608. The second kappa shape index (κ2) is 8.25. The number of aliphatic hydroxyl groups is 4. The van der Waals surface area contributed by atoms with E-state index >= 15 is 0 Å². The number of aromatic hydroxyl groups is 1. The van der Waals surface area contributed by atoms with Crippen LogP contribution in [0.15, 0.2) is 30.6 Å². The van der Waals surface area contributed by atoms with E-state index in [0.717, 1.165) is 0 Å². The molecule has 5 rings (SSSR count). The normalized spacial score (nSPS) is 24.9. The molecule has 1 fully saturated rings. The number of hydrogen-bond acceptors (Lipinski definition) is 13. The van der Waals surface area contributed by atoms with Gasteiger partial charge in [0.1, 0.15) is 24.4 Å². The number of benzene rings is 2. The molecule has 2 aromatic heterocycles. The van der Waals surface area contributed by atoms with Crippen LogP contribution in [0.1, 0.15) is 0 Å². The Labute approximate surface area is 194 Å². The Balaban J connectivity index is 1.81. The Hall–Kier alpha value is -3.62. The maximum absolute atomic E-state index is 12.9. The van der Waals surface area contributed by atoms with Gasteiger partial charge in [0.25, 0.3) is 0 Å². The van der Waals surface area contributed by atoms with Crippen molar-refractivity contribution in [3.05, 3.63) is 33.0 Å². The van der Waals surface area contributed by atoms with Gasteiger partial charge in [0.2, 0.25) is 17.8 Å². The molecule has 13 nitrogen and oxygen atoms in total. The first kappa shape index (κ1) is 23.1. The van der Waals surface area contributed by atoms with E-state index in [2.05, 4.69) is 0 Å². The van der Waals surface area contributed by atoms with E-state index in [1.807, 2.05) is 0 Å². The number of ether oxygens (including phenoxy) is 4. The molecule has 5 N–H and O–H groups in total. The van der Waals surface area contributed by atoms with Gasteiger partial charge in [-0.25, -0.2) is 9.59 Å². The Bertz CT molecular complexity index is 1530. The minimum absolute atomic E-state index is 0.0455. The fourth-order valence-electron chi connectivity index (χ4n) is 4.25. The molecule has 2 aromatic carbocycles. The van der Waals surface area contributed by atoms with Crippen molar-refractivity contribution in [1.82, 2.24) is 0 Å². The van der Waals surface area contributed by atoms with E-state index < -0.39 is 54.3 Å². The van der Waals surface area contributed by atoms with Crippen molar-refractivity contribution >= 4 is 32.7 Å². The number of methoxy groups -OCH3 is 2. The van der Waals surface area contributed by atoms with Gasteiger partial charge in [0.05, 0.1) is 31.6 Å². The highest BCUT2D eigenvalue weighted by Crippen LogP contribution is 2.46. The largest absolute Gasteiger partial charge is 0.502 e. The summed E-state index contributed by atoms with van der Waals surface area (Å²) < 4.78 is 32.2. The Morgan fingerprint density at radius 3 is 2.03 bits per heavy atom. The summed E-state index contributed by atoms with van der Waals surface area (Å²) in [5, 5.41) is 50.5. The first-order valence-electron chi connectivity index (χ1n) is 10.3. The molecular formula is C22H20O13. The molecule has 5 unspecified atom stereocenters. The molecule has 0 spiro atoms. The third-order valence-corrected chi connectivity index (χ3v) is 6.02. The first-order valence-corrected chi connectivity index (χ1v) is 10.3. The monoisotopic (exact) mass is 492 g/mol. The topological polar surface area (TPSA) is 198 Å². The fraction of sp³-hybridized carbons (Fsp3) is 0.364. The van der Waals surface area contributed by atoms with Gasteiger partial charge in [0.15, 0.2) is 22.7 Å². The zero-order valence-electron chi connectivity index (χ0n) is 18.3. The summed E-state index contributed by atoms with van der Waals surface area (Å²) in [6, 6.07) is 2.47. The average Bonchev–Trinajstić information content (AvgIpc) is 2.85. The summed E-state index contributed by atoms with van der Waals surface area (Å²) in [6.07, 6.45) is -8.05. The van der Waals surface area contributed by atoms with Gasteiger partial charge >= 0.3 is 11.3 Å². The lowest BCUT2D eigenvalue weighted by Gasteiger charge is -2.39. The summed E-state index contributed by atoms with van der Waals surface area (Å²) in [6.45, 7) is -0.697. The lowest BCUT2D eigenvalue weighted by molar-refractivity contribution is -0.277. The van der Waals surface area contributed by atoms with Gasteiger partial charge in [-0.15, -0.1) is 0 Å². The molecule has 1 aliphatic rings. The quantitative estimate of drug-likeness (QED) is 0.175. The van der Waals surface area contributed by atoms with Crippen molar-refractivity contribution in [1.29, 1.82) is 0 Å². The van der Waals surface area contributed by atoms with E-state index in [9.17, 15) is 35.1 Å². The molecule has 0 amide bonds. The molecule has 1 saturated heterocycles. The van der Waals surface area contributed by atoms with E-state index in [4.69, 9.17) is 27.8 Å². The van der Waals surface area contributed by atoms with Crippen LogP contribution in [-0.2, 0) is 4.74 Å². The molecule has 4 aromatic rings. The molecule has 1 aliphatic heterocycles. The summed E-state index contributed by atoms with van der Waals surface area (Å²) in [7, 11) is 2.49. The third-order valence-electron chi connectivity index (χ3n) is 6.02. The first-order chi connectivity index (χ1) is 16.7. The van der Waals surface area contributed by atoms with Gasteiger partial charge in [-0.1, -0.05) is 0 Å². The van der Waals surface area contributed by atoms with Gasteiger partial charge in [-0.2, -0.15) is 0 Å². The number of hydrogen-bond donors (Lipinski definition) is 5. The molecule has 186 valence electrons. The summed E-state index contributed by atoms with van der Waals surface area (Å²) >= 11 is 0. The summed E-state index contributed by atoms with van der Waals surface area (Å²) in [5.41, 5.74) is -2.41. The van der Waals surface area contributed by atoms with Crippen molar-refractivity contribution in [3.63, 3.8) is 0 Å². The van der Waals surface area contributed by atoms with Crippen molar-refractivity contribution in [2.45, 2.75) is 30.7 Å². The lowest BCUT2D eigenvalue weighted by atomic mass is 9.99. The molecule has 3 heterocycles.